The number of nitrogens with zero attached hydrogens (tertiary/aromatic N) is 5. The molecule has 1 atom stereocenters. The first-order chi connectivity index (χ1) is 18.2. The molecule has 1 N–H and O–H groups in total. The first kappa shape index (κ1) is 25.2. The standard InChI is InChI=1S/C26H21F5N6O/c27-20-3-7-23(24(28)10-20)19(14-37-16-32-15-34-37)13-36-12-18-9-21(4-8-25(18)35-36)33-11-17-1-5-22(6-2-17)38-26(29,30)31/h1-10,12,15-16,19,33H,11,13-14H2. The van der Waals surface area contributed by atoms with Crippen molar-refractivity contribution in [1.29, 1.82) is 0 Å². The Balaban J connectivity index is 1.30. The Morgan fingerprint density at radius 1 is 0.921 bits per heavy atom. The predicted molar refractivity (Wildman–Crippen MR) is 129 cm³/mol. The van der Waals surface area contributed by atoms with Gasteiger partial charge in [0.1, 0.15) is 30.0 Å². The SMILES string of the molecule is Fc1ccc(C(Cn2cncn2)Cn2cc3cc(NCc4ccc(OC(F)(F)F)cc4)ccc3n2)c(F)c1. The number of hydrogen-bond acceptors (Lipinski definition) is 5. The van der Waals surface area contributed by atoms with E-state index in [0.29, 0.717) is 25.2 Å². The van der Waals surface area contributed by atoms with Gasteiger partial charge in [-0.1, -0.05) is 18.2 Å². The highest BCUT2D eigenvalue weighted by Gasteiger charge is 2.31. The fourth-order valence-corrected chi connectivity index (χ4v) is 4.16. The van der Waals surface area contributed by atoms with Crippen LogP contribution in [0.25, 0.3) is 10.9 Å². The number of halogens is 5. The van der Waals surface area contributed by atoms with E-state index in [1.165, 1.54) is 36.9 Å². The summed E-state index contributed by atoms with van der Waals surface area (Å²) < 4.78 is 72.3. The lowest BCUT2D eigenvalue weighted by Crippen LogP contribution is -2.17. The highest BCUT2D eigenvalue weighted by atomic mass is 19.4. The third kappa shape index (κ3) is 6.25. The molecule has 0 saturated carbocycles. The number of anilines is 1. The smallest absolute Gasteiger partial charge is 0.406 e. The number of nitrogens with one attached hydrogen (secondary N) is 1. The molecule has 5 rings (SSSR count). The van der Waals surface area contributed by atoms with E-state index in [4.69, 9.17) is 0 Å². The maximum atomic E-state index is 14.6. The second-order valence-electron chi connectivity index (χ2n) is 8.65. The van der Waals surface area contributed by atoms with E-state index >= 15 is 0 Å². The molecular formula is C26H21F5N6O. The summed E-state index contributed by atoms with van der Waals surface area (Å²) in [6.45, 7) is 1.01. The Kier molecular flexibility index (Phi) is 6.95. The third-order valence-electron chi connectivity index (χ3n) is 5.89. The first-order valence-corrected chi connectivity index (χ1v) is 11.5. The van der Waals surface area contributed by atoms with Crippen LogP contribution in [0.5, 0.6) is 5.75 Å². The van der Waals surface area contributed by atoms with E-state index in [9.17, 15) is 22.0 Å². The first-order valence-electron chi connectivity index (χ1n) is 11.5. The number of rotatable bonds is 9. The van der Waals surface area contributed by atoms with Crippen LogP contribution in [0, 0.1) is 11.6 Å². The molecule has 38 heavy (non-hydrogen) atoms. The van der Waals surface area contributed by atoms with Crippen LogP contribution < -0.4 is 10.1 Å². The van der Waals surface area contributed by atoms with Crippen LogP contribution in [0.15, 0.2) is 79.5 Å². The second kappa shape index (κ2) is 10.5. The molecule has 0 saturated heterocycles. The van der Waals surface area contributed by atoms with E-state index in [2.05, 4.69) is 25.2 Å². The highest BCUT2D eigenvalue weighted by Crippen LogP contribution is 2.26. The average molecular weight is 528 g/mol. The van der Waals surface area contributed by atoms with Crippen molar-refractivity contribution in [2.24, 2.45) is 0 Å². The van der Waals surface area contributed by atoms with Gasteiger partial charge in [-0.05, 0) is 47.5 Å². The number of fused-ring (bicyclic) bond motifs is 1. The van der Waals surface area contributed by atoms with E-state index in [-0.39, 0.29) is 5.75 Å². The Morgan fingerprint density at radius 3 is 2.42 bits per heavy atom. The summed E-state index contributed by atoms with van der Waals surface area (Å²) in [5, 5.41) is 12.8. The van der Waals surface area contributed by atoms with Gasteiger partial charge < -0.3 is 10.1 Å². The zero-order chi connectivity index (χ0) is 26.7. The maximum Gasteiger partial charge on any atom is 0.573 e. The monoisotopic (exact) mass is 528 g/mol. The van der Waals surface area contributed by atoms with Gasteiger partial charge in [-0.3, -0.25) is 9.36 Å². The third-order valence-corrected chi connectivity index (χ3v) is 5.89. The zero-order valence-corrected chi connectivity index (χ0v) is 19.7. The number of hydrogen-bond donors (Lipinski definition) is 1. The summed E-state index contributed by atoms with van der Waals surface area (Å²) in [6, 6.07) is 14.7. The summed E-state index contributed by atoms with van der Waals surface area (Å²) in [4.78, 5) is 3.93. The summed E-state index contributed by atoms with van der Waals surface area (Å²) in [6.07, 6.45) is 0.0189. The quantitative estimate of drug-likeness (QED) is 0.241. The number of aromatic nitrogens is 5. The van der Waals surface area contributed by atoms with Crippen LogP contribution in [0.1, 0.15) is 17.0 Å². The predicted octanol–water partition coefficient (Wildman–Crippen LogP) is 5.90. The molecule has 0 aliphatic heterocycles. The van der Waals surface area contributed by atoms with Gasteiger partial charge in [0.2, 0.25) is 0 Å². The van der Waals surface area contributed by atoms with Crippen molar-refractivity contribution in [3.8, 4) is 5.75 Å². The minimum Gasteiger partial charge on any atom is -0.406 e. The van der Waals surface area contributed by atoms with Crippen LogP contribution in [0.4, 0.5) is 27.6 Å². The van der Waals surface area contributed by atoms with Gasteiger partial charge in [0.15, 0.2) is 0 Å². The largest absolute Gasteiger partial charge is 0.573 e. The van der Waals surface area contributed by atoms with E-state index in [1.54, 1.807) is 21.5 Å². The lowest BCUT2D eigenvalue weighted by atomic mass is 9.98. The fraction of sp³-hybridized carbons (Fsp3) is 0.192. The van der Waals surface area contributed by atoms with Gasteiger partial charge in [-0.25, -0.2) is 13.8 Å². The van der Waals surface area contributed by atoms with Crippen molar-refractivity contribution in [2.45, 2.75) is 31.9 Å². The van der Waals surface area contributed by atoms with E-state index in [0.717, 1.165) is 28.2 Å². The average Bonchev–Trinajstić information content (AvgIpc) is 3.51. The molecule has 0 aliphatic carbocycles. The molecule has 7 nitrogen and oxygen atoms in total. The van der Waals surface area contributed by atoms with Gasteiger partial charge in [0.05, 0.1) is 12.1 Å². The second-order valence-corrected chi connectivity index (χ2v) is 8.65. The van der Waals surface area contributed by atoms with Crippen molar-refractivity contribution < 1.29 is 26.7 Å². The van der Waals surface area contributed by atoms with Crippen LogP contribution >= 0.6 is 0 Å². The Labute approximate surface area is 213 Å². The van der Waals surface area contributed by atoms with Crippen molar-refractivity contribution in [3.05, 3.63) is 102 Å². The minimum atomic E-state index is -4.73. The van der Waals surface area contributed by atoms with Gasteiger partial charge >= 0.3 is 6.36 Å². The minimum absolute atomic E-state index is 0.280. The van der Waals surface area contributed by atoms with Crippen molar-refractivity contribution >= 4 is 16.6 Å². The highest BCUT2D eigenvalue weighted by molar-refractivity contribution is 5.82. The summed E-state index contributed by atoms with van der Waals surface area (Å²) in [7, 11) is 0. The van der Waals surface area contributed by atoms with Crippen molar-refractivity contribution in [1.82, 2.24) is 24.5 Å². The summed E-state index contributed by atoms with van der Waals surface area (Å²) in [5.41, 5.74) is 2.63. The van der Waals surface area contributed by atoms with Crippen LogP contribution in [-0.2, 0) is 19.6 Å². The van der Waals surface area contributed by atoms with Crippen molar-refractivity contribution in [3.63, 3.8) is 0 Å². The van der Waals surface area contributed by atoms with Crippen LogP contribution in [0.2, 0.25) is 0 Å². The van der Waals surface area contributed by atoms with Gasteiger partial charge in [0, 0.05) is 42.3 Å². The molecule has 0 amide bonds. The van der Waals surface area contributed by atoms with Crippen LogP contribution in [0.3, 0.4) is 0 Å². The molecule has 0 fully saturated rings. The lowest BCUT2D eigenvalue weighted by Gasteiger charge is -2.18. The Hall–Kier alpha value is -4.48. The molecule has 196 valence electrons. The van der Waals surface area contributed by atoms with Gasteiger partial charge in [-0.2, -0.15) is 10.2 Å². The Morgan fingerprint density at radius 2 is 1.71 bits per heavy atom. The molecule has 0 aliphatic rings. The molecule has 3 aromatic carbocycles. The summed E-state index contributed by atoms with van der Waals surface area (Å²) >= 11 is 0. The van der Waals surface area contributed by atoms with Crippen LogP contribution in [-0.4, -0.2) is 30.9 Å². The number of benzene rings is 3. The normalized spacial score (nSPS) is 12.6. The topological polar surface area (TPSA) is 69.8 Å². The molecular weight excluding hydrogens is 507 g/mol. The van der Waals surface area contributed by atoms with E-state index in [1.807, 2.05) is 24.4 Å². The molecule has 0 spiro atoms. The molecule has 2 aromatic heterocycles. The van der Waals surface area contributed by atoms with E-state index < -0.39 is 23.9 Å². The van der Waals surface area contributed by atoms with Crippen molar-refractivity contribution in [2.75, 3.05) is 5.32 Å². The molecule has 12 heteroatoms. The lowest BCUT2D eigenvalue weighted by molar-refractivity contribution is -0.274. The summed E-state index contributed by atoms with van der Waals surface area (Å²) in [5.74, 6) is -1.97. The number of alkyl halides is 3. The molecule has 5 aromatic rings. The fourth-order valence-electron chi connectivity index (χ4n) is 4.16. The molecule has 0 bridgehead atoms. The number of ether oxygens (including phenoxy) is 1. The zero-order valence-electron chi connectivity index (χ0n) is 19.7. The van der Waals surface area contributed by atoms with Gasteiger partial charge in [-0.15, -0.1) is 13.2 Å². The molecule has 2 heterocycles. The Bertz CT molecular complexity index is 1520. The van der Waals surface area contributed by atoms with Gasteiger partial charge in [0.25, 0.3) is 0 Å². The molecule has 1 unspecified atom stereocenters. The maximum absolute atomic E-state index is 14.6. The molecule has 0 radical (unpaired) electrons.